The molecule has 0 saturated heterocycles. The van der Waals surface area contributed by atoms with Crippen molar-refractivity contribution in [1.29, 1.82) is 0 Å². The standard InChI is InChI=1S/C15H10FNO3S/c1-19-11-6-7-12-13(8-11)20-15(18)17(14(12)21)10-4-2-9(16)3-5-10/h2-8H,1H3. The van der Waals surface area contributed by atoms with Crippen molar-refractivity contribution in [3.05, 3.63) is 63.5 Å². The minimum Gasteiger partial charge on any atom is -0.497 e. The third-order valence-electron chi connectivity index (χ3n) is 3.09. The van der Waals surface area contributed by atoms with Gasteiger partial charge in [-0.15, -0.1) is 0 Å². The lowest BCUT2D eigenvalue weighted by molar-refractivity contribution is 0.413. The number of fused-ring (bicyclic) bond motifs is 1. The Labute approximate surface area is 124 Å². The highest BCUT2D eigenvalue weighted by Crippen LogP contribution is 2.21. The summed E-state index contributed by atoms with van der Waals surface area (Å²) in [6.45, 7) is 0. The first kappa shape index (κ1) is 13.5. The van der Waals surface area contributed by atoms with E-state index in [1.807, 2.05) is 0 Å². The lowest BCUT2D eigenvalue weighted by Gasteiger charge is -2.08. The van der Waals surface area contributed by atoms with Gasteiger partial charge in [-0.3, -0.25) is 0 Å². The summed E-state index contributed by atoms with van der Waals surface area (Å²) in [4.78, 5) is 12.1. The zero-order valence-electron chi connectivity index (χ0n) is 11.0. The Hall–Kier alpha value is -2.47. The van der Waals surface area contributed by atoms with E-state index in [1.165, 1.54) is 35.9 Å². The fraction of sp³-hybridized carbons (Fsp3) is 0.0667. The highest BCUT2D eigenvalue weighted by Gasteiger charge is 2.09. The average molecular weight is 303 g/mol. The van der Waals surface area contributed by atoms with Crippen LogP contribution in [0, 0.1) is 10.5 Å². The molecule has 3 rings (SSSR count). The minimum absolute atomic E-state index is 0.301. The summed E-state index contributed by atoms with van der Waals surface area (Å²) in [5, 5.41) is 0.606. The van der Waals surface area contributed by atoms with Crippen molar-refractivity contribution in [2.75, 3.05) is 7.11 Å². The van der Waals surface area contributed by atoms with Gasteiger partial charge in [0, 0.05) is 6.07 Å². The van der Waals surface area contributed by atoms with E-state index in [-0.39, 0.29) is 5.82 Å². The first-order valence-corrected chi connectivity index (χ1v) is 6.51. The zero-order valence-corrected chi connectivity index (χ0v) is 11.8. The highest BCUT2D eigenvalue weighted by atomic mass is 32.1. The van der Waals surface area contributed by atoms with E-state index in [2.05, 4.69) is 0 Å². The molecule has 2 aromatic carbocycles. The lowest BCUT2D eigenvalue weighted by atomic mass is 10.2. The van der Waals surface area contributed by atoms with Gasteiger partial charge in [-0.1, -0.05) is 12.2 Å². The van der Waals surface area contributed by atoms with Crippen LogP contribution >= 0.6 is 12.2 Å². The van der Waals surface area contributed by atoms with Gasteiger partial charge in [0.1, 0.15) is 21.8 Å². The molecule has 21 heavy (non-hydrogen) atoms. The normalized spacial score (nSPS) is 10.8. The van der Waals surface area contributed by atoms with Crippen LogP contribution < -0.4 is 10.5 Å². The van der Waals surface area contributed by atoms with Crippen LogP contribution in [0.5, 0.6) is 5.75 Å². The van der Waals surface area contributed by atoms with E-state index in [1.54, 1.807) is 18.2 Å². The van der Waals surface area contributed by atoms with Gasteiger partial charge in [0.15, 0.2) is 0 Å². The lowest BCUT2D eigenvalue weighted by Crippen LogP contribution is -2.18. The van der Waals surface area contributed by atoms with Gasteiger partial charge in [0.05, 0.1) is 18.2 Å². The molecule has 0 aliphatic carbocycles. The summed E-state index contributed by atoms with van der Waals surface area (Å²) in [7, 11) is 1.52. The van der Waals surface area contributed by atoms with Crippen LogP contribution in [0.25, 0.3) is 16.7 Å². The molecule has 1 aromatic heterocycles. The third-order valence-corrected chi connectivity index (χ3v) is 3.49. The molecule has 0 unspecified atom stereocenters. The molecule has 0 radical (unpaired) electrons. The molecule has 0 bridgehead atoms. The maximum absolute atomic E-state index is 13.0. The topological polar surface area (TPSA) is 44.4 Å². The van der Waals surface area contributed by atoms with Gasteiger partial charge in [-0.05, 0) is 36.4 Å². The van der Waals surface area contributed by atoms with Crippen molar-refractivity contribution >= 4 is 23.2 Å². The van der Waals surface area contributed by atoms with Crippen LogP contribution in [0.4, 0.5) is 4.39 Å². The number of ether oxygens (including phenoxy) is 1. The number of rotatable bonds is 2. The van der Waals surface area contributed by atoms with Crippen LogP contribution in [0.2, 0.25) is 0 Å². The molecule has 0 aliphatic heterocycles. The number of aromatic nitrogens is 1. The van der Waals surface area contributed by atoms with Gasteiger partial charge < -0.3 is 9.15 Å². The molecular formula is C15H10FNO3S. The second-order valence-electron chi connectivity index (χ2n) is 4.35. The Morgan fingerprint density at radius 1 is 1.19 bits per heavy atom. The van der Waals surface area contributed by atoms with Crippen molar-refractivity contribution in [3.8, 4) is 11.4 Å². The molecule has 0 amide bonds. The fourth-order valence-corrected chi connectivity index (χ4v) is 2.40. The molecule has 106 valence electrons. The smallest absolute Gasteiger partial charge is 0.425 e. The Bertz CT molecular complexity index is 928. The molecule has 0 atom stereocenters. The average Bonchev–Trinajstić information content (AvgIpc) is 2.48. The minimum atomic E-state index is -0.632. The van der Waals surface area contributed by atoms with E-state index >= 15 is 0 Å². The quantitative estimate of drug-likeness (QED) is 0.680. The summed E-state index contributed by atoms with van der Waals surface area (Å²) in [5.74, 6) is -0.452. The molecule has 0 saturated carbocycles. The predicted molar refractivity (Wildman–Crippen MR) is 79.2 cm³/mol. The SMILES string of the molecule is COc1ccc2c(=S)n(-c3ccc(F)cc3)c(=O)oc2c1. The molecule has 4 nitrogen and oxygen atoms in total. The van der Waals surface area contributed by atoms with Crippen molar-refractivity contribution in [3.63, 3.8) is 0 Å². The zero-order chi connectivity index (χ0) is 15.0. The Morgan fingerprint density at radius 3 is 2.57 bits per heavy atom. The first-order valence-electron chi connectivity index (χ1n) is 6.10. The van der Waals surface area contributed by atoms with Crippen LogP contribution in [0.3, 0.4) is 0 Å². The number of hydrogen-bond acceptors (Lipinski definition) is 4. The van der Waals surface area contributed by atoms with Gasteiger partial charge in [0.2, 0.25) is 0 Å². The summed E-state index contributed by atoms with van der Waals surface area (Å²) in [5.41, 5.74) is 0.801. The van der Waals surface area contributed by atoms with E-state index < -0.39 is 5.76 Å². The first-order chi connectivity index (χ1) is 10.1. The van der Waals surface area contributed by atoms with Gasteiger partial charge in [-0.2, -0.15) is 0 Å². The molecule has 0 N–H and O–H groups in total. The monoisotopic (exact) mass is 303 g/mol. The summed E-state index contributed by atoms with van der Waals surface area (Å²) < 4.78 is 24.9. The maximum Gasteiger partial charge on any atom is 0.425 e. The van der Waals surface area contributed by atoms with Gasteiger partial charge in [-0.25, -0.2) is 13.8 Å². The molecule has 0 fully saturated rings. The van der Waals surface area contributed by atoms with E-state index in [0.717, 1.165) is 0 Å². The summed E-state index contributed by atoms with van der Waals surface area (Å²) in [6, 6.07) is 10.5. The number of benzene rings is 2. The second kappa shape index (κ2) is 5.14. The number of hydrogen-bond donors (Lipinski definition) is 0. The summed E-state index contributed by atoms with van der Waals surface area (Å²) >= 11 is 5.34. The molecule has 1 heterocycles. The summed E-state index contributed by atoms with van der Waals surface area (Å²) in [6.07, 6.45) is 0. The van der Waals surface area contributed by atoms with Crippen molar-refractivity contribution < 1.29 is 13.5 Å². The van der Waals surface area contributed by atoms with E-state index in [9.17, 15) is 9.18 Å². The molecule has 0 spiro atoms. The van der Waals surface area contributed by atoms with Crippen molar-refractivity contribution in [2.45, 2.75) is 0 Å². The van der Waals surface area contributed by atoms with Crippen molar-refractivity contribution in [2.24, 2.45) is 0 Å². The Morgan fingerprint density at radius 2 is 1.90 bits per heavy atom. The molecule has 6 heteroatoms. The molecule has 3 aromatic rings. The number of nitrogens with zero attached hydrogens (tertiary/aromatic N) is 1. The van der Waals surface area contributed by atoms with E-state index in [4.69, 9.17) is 21.4 Å². The van der Waals surface area contributed by atoms with Gasteiger partial charge in [0.25, 0.3) is 0 Å². The van der Waals surface area contributed by atoms with Crippen LogP contribution in [-0.4, -0.2) is 11.7 Å². The van der Waals surface area contributed by atoms with Crippen molar-refractivity contribution in [1.82, 2.24) is 4.57 Å². The van der Waals surface area contributed by atoms with Gasteiger partial charge >= 0.3 is 5.76 Å². The molecule has 0 aliphatic rings. The van der Waals surface area contributed by atoms with Crippen LogP contribution in [0.1, 0.15) is 0 Å². The number of halogens is 1. The number of methoxy groups -OCH3 is 1. The second-order valence-corrected chi connectivity index (χ2v) is 4.73. The fourth-order valence-electron chi connectivity index (χ4n) is 2.05. The molecular weight excluding hydrogens is 293 g/mol. The Kier molecular flexibility index (Phi) is 3.31. The van der Waals surface area contributed by atoms with Crippen LogP contribution in [-0.2, 0) is 0 Å². The van der Waals surface area contributed by atoms with E-state index in [0.29, 0.717) is 27.0 Å². The van der Waals surface area contributed by atoms with Crippen LogP contribution in [0.15, 0.2) is 51.7 Å². The highest BCUT2D eigenvalue weighted by molar-refractivity contribution is 7.71. The predicted octanol–water partition coefficient (Wildman–Crippen LogP) is 3.46. The Balaban J connectivity index is 2.32. The largest absolute Gasteiger partial charge is 0.497 e. The maximum atomic E-state index is 13.0. The third kappa shape index (κ3) is 2.34.